The molecule has 0 spiro atoms. The summed E-state index contributed by atoms with van der Waals surface area (Å²) in [6, 6.07) is 11.3. The highest BCUT2D eigenvalue weighted by atomic mass is 16.5. The highest BCUT2D eigenvalue weighted by Crippen LogP contribution is 2.39. The topological polar surface area (TPSA) is 62.1 Å². The van der Waals surface area contributed by atoms with Crippen LogP contribution in [0.1, 0.15) is 19.8 Å². The minimum absolute atomic E-state index is 0.0615. The van der Waals surface area contributed by atoms with Crippen molar-refractivity contribution in [2.75, 3.05) is 6.61 Å². The minimum Gasteiger partial charge on any atom is -0.484 e. The fraction of sp³-hybridized carbons (Fsp3) is 0.429. The van der Waals surface area contributed by atoms with E-state index in [1.165, 1.54) is 0 Å². The van der Waals surface area contributed by atoms with Crippen LogP contribution in [0.2, 0.25) is 0 Å². The molecule has 1 atom stereocenters. The van der Waals surface area contributed by atoms with Crippen molar-refractivity contribution >= 4 is 5.91 Å². The first kappa shape index (κ1) is 12.4. The van der Waals surface area contributed by atoms with Gasteiger partial charge in [0.05, 0.1) is 6.07 Å². The van der Waals surface area contributed by atoms with Crippen LogP contribution in [0.15, 0.2) is 30.3 Å². The molecule has 1 N–H and O–H groups in total. The Labute approximate surface area is 107 Å². The maximum Gasteiger partial charge on any atom is 0.259 e. The van der Waals surface area contributed by atoms with Gasteiger partial charge in [-0.2, -0.15) is 5.26 Å². The van der Waals surface area contributed by atoms with Gasteiger partial charge < -0.3 is 10.1 Å². The van der Waals surface area contributed by atoms with E-state index in [-0.39, 0.29) is 18.4 Å². The molecule has 1 amide bonds. The van der Waals surface area contributed by atoms with Crippen LogP contribution >= 0.6 is 0 Å². The molecule has 0 bridgehead atoms. The van der Waals surface area contributed by atoms with Gasteiger partial charge in [-0.05, 0) is 37.8 Å². The van der Waals surface area contributed by atoms with E-state index in [9.17, 15) is 4.79 Å². The van der Waals surface area contributed by atoms with E-state index in [1.54, 1.807) is 19.1 Å². The molecule has 4 heteroatoms. The van der Waals surface area contributed by atoms with Crippen molar-refractivity contribution in [2.24, 2.45) is 5.92 Å². The number of benzene rings is 1. The van der Waals surface area contributed by atoms with E-state index in [0.717, 1.165) is 12.8 Å². The third kappa shape index (κ3) is 3.01. The summed E-state index contributed by atoms with van der Waals surface area (Å²) in [4.78, 5) is 11.7. The molecule has 1 saturated carbocycles. The summed E-state index contributed by atoms with van der Waals surface area (Å²) in [5, 5.41) is 11.9. The highest BCUT2D eigenvalue weighted by Gasteiger charge is 2.43. The summed E-state index contributed by atoms with van der Waals surface area (Å²) in [5.74, 6) is 0.677. The van der Waals surface area contributed by atoms with Gasteiger partial charge in [0.15, 0.2) is 6.61 Å². The summed E-state index contributed by atoms with van der Waals surface area (Å²) in [7, 11) is 0. The van der Waals surface area contributed by atoms with Crippen LogP contribution in [0.3, 0.4) is 0 Å². The van der Waals surface area contributed by atoms with Crippen molar-refractivity contribution in [2.45, 2.75) is 25.3 Å². The standard InChI is InChI=1S/C14H16N2O2/c1-14(10-15,11-7-8-11)16-13(17)9-18-12-5-3-2-4-6-12/h2-6,11H,7-9H2,1H3,(H,16,17)/t14-/m1/s1. The SMILES string of the molecule is C[C@](C#N)(NC(=O)COc1ccccc1)C1CC1. The molecule has 18 heavy (non-hydrogen) atoms. The van der Waals surface area contributed by atoms with Crippen LogP contribution in [0.25, 0.3) is 0 Å². The van der Waals surface area contributed by atoms with E-state index >= 15 is 0 Å². The molecule has 2 rings (SSSR count). The van der Waals surface area contributed by atoms with Crippen molar-refractivity contribution in [1.29, 1.82) is 5.26 Å². The molecule has 0 heterocycles. The van der Waals surface area contributed by atoms with E-state index in [4.69, 9.17) is 10.00 Å². The molecule has 0 aromatic heterocycles. The van der Waals surface area contributed by atoms with E-state index in [1.807, 2.05) is 18.2 Å². The predicted molar refractivity (Wildman–Crippen MR) is 66.8 cm³/mol. The average Bonchev–Trinajstić information content (AvgIpc) is 3.22. The van der Waals surface area contributed by atoms with Crippen molar-refractivity contribution in [1.82, 2.24) is 5.32 Å². The van der Waals surface area contributed by atoms with Crippen LogP contribution in [-0.2, 0) is 4.79 Å². The maximum absolute atomic E-state index is 11.7. The molecule has 1 fully saturated rings. The number of amides is 1. The molecule has 0 unspecified atom stereocenters. The largest absolute Gasteiger partial charge is 0.484 e. The number of carbonyl (C=O) groups excluding carboxylic acids is 1. The number of carbonyl (C=O) groups is 1. The van der Waals surface area contributed by atoms with Gasteiger partial charge in [-0.3, -0.25) is 4.79 Å². The Balaban J connectivity index is 1.84. The third-order valence-corrected chi connectivity index (χ3v) is 3.14. The summed E-state index contributed by atoms with van der Waals surface area (Å²) in [6.07, 6.45) is 2.01. The zero-order chi connectivity index (χ0) is 13.0. The number of para-hydroxylation sites is 1. The molecule has 0 saturated heterocycles. The number of nitrogens with one attached hydrogen (secondary N) is 1. The van der Waals surface area contributed by atoms with Gasteiger partial charge in [0, 0.05) is 0 Å². The van der Waals surface area contributed by atoms with Crippen molar-refractivity contribution < 1.29 is 9.53 Å². The summed E-state index contributed by atoms with van der Waals surface area (Å²) in [6.45, 7) is 1.71. The molecule has 0 aliphatic heterocycles. The van der Waals surface area contributed by atoms with Gasteiger partial charge in [0.1, 0.15) is 11.3 Å². The fourth-order valence-corrected chi connectivity index (χ4v) is 1.87. The van der Waals surface area contributed by atoms with Crippen LogP contribution < -0.4 is 10.1 Å². The second kappa shape index (κ2) is 5.09. The van der Waals surface area contributed by atoms with E-state index in [2.05, 4.69) is 11.4 Å². The van der Waals surface area contributed by atoms with Crippen LogP contribution in [0, 0.1) is 17.2 Å². The maximum atomic E-state index is 11.7. The quantitative estimate of drug-likeness (QED) is 0.860. The average molecular weight is 244 g/mol. The molecule has 0 radical (unpaired) electrons. The smallest absolute Gasteiger partial charge is 0.259 e. The fourth-order valence-electron chi connectivity index (χ4n) is 1.87. The van der Waals surface area contributed by atoms with E-state index < -0.39 is 5.54 Å². The number of hydrogen-bond acceptors (Lipinski definition) is 3. The molecule has 1 aromatic rings. The normalized spacial score (nSPS) is 17.3. The van der Waals surface area contributed by atoms with Crippen LogP contribution in [-0.4, -0.2) is 18.1 Å². The molecule has 94 valence electrons. The Bertz CT molecular complexity index is 462. The van der Waals surface area contributed by atoms with Gasteiger partial charge in [-0.1, -0.05) is 18.2 Å². The highest BCUT2D eigenvalue weighted by molar-refractivity contribution is 5.79. The van der Waals surface area contributed by atoms with Crippen molar-refractivity contribution in [3.8, 4) is 11.8 Å². The first-order chi connectivity index (χ1) is 8.64. The molecular weight excluding hydrogens is 228 g/mol. The monoisotopic (exact) mass is 244 g/mol. The zero-order valence-corrected chi connectivity index (χ0v) is 10.3. The van der Waals surface area contributed by atoms with Gasteiger partial charge in [0.25, 0.3) is 5.91 Å². The van der Waals surface area contributed by atoms with Gasteiger partial charge >= 0.3 is 0 Å². The lowest BCUT2D eigenvalue weighted by Gasteiger charge is -2.22. The first-order valence-corrected chi connectivity index (χ1v) is 6.04. The second-order valence-corrected chi connectivity index (χ2v) is 4.74. The Morgan fingerprint density at radius 2 is 2.17 bits per heavy atom. The molecule has 1 aliphatic rings. The second-order valence-electron chi connectivity index (χ2n) is 4.74. The Kier molecular flexibility index (Phi) is 3.52. The molecule has 1 aliphatic carbocycles. The minimum atomic E-state index is -0.753. The third-order valence-electron chi connectivity index (χ3n) is 3.14. The summed E-state index contributed by atoms with van der Waals surface area (Å²) >= 11 is 0. The zero-order valence-electron chi connectivity index (χ0n) is 10.3. The number of ether oxygens (including phenoxy) is 1. The van der Waals surface area contributed by atoms with Gasteiger partial charge in [0.2, 0.25) is 0 Å². The first-order valence-electron chi connectivity index (χ1n) is 6.04. The van der Waals surface area contributed by atoms with Gasteiger partial charge in [-0.25, -0.2) is 0 Å². The van der Waals surface area contributed by atoms with Crippen LogP contribution in [0.4, 0.5) is 0 Å². The number of nitrogens with zero attached hydrogens (tertiary/aromatic N) is 1. The van der Waals surface area contributed by atoms with Crippen LogP contribution in [0.5, 0.6) is 5.75 Å². The Morgan fingerprint density at radius 3 is 2.72 bits per heavy atom. The number of rotatable bonds is 5. The Morgan fingerprint density at radius 1 is 1.50 bits per heavy atom. The number of hydrogen-bond donors (Lipinski definition) is 1. The lowest BCUT2D eigenvalue weighted by molar-refractivity contribution is -0.124. The predicted octanol–water partition coefficient (Wildman–Crippen LogP) is 1.87. The lowest BCUT2D eigenvalue weighted by Crippen LogP contribution is -2.48. The Hall–Kier alpha value is -2.02. The molecular formula is C14H16N2O2. The summed E-state index contributed by atoms with van der Waals surface area (Å²) < 4.78 is 5.34. The number of nitriles is 1. The summed E-state index contributed by atoms with van der Waals surface area (Å²) in [5.41, 5.74) is -0.753. The molecule has 1 aromatic carbocycles. The van der Waals surface area contributed by atoms with Gasteiger partial charge in [-0.15, -0.1) is 0 Å². The van der Waals surface area contributed by atoms with Crippen molar-refractivity contribution in [3.63, 3.8) is 0 Å². The molecule has 4 nitrogen and oxygen atoms in total. The van der Waals surface area contributed by atoms with Crippen molar-refractivity contribution in [3.05, 3.63) is 30.3 Å². The lowest BCUT2D eigenvalue weighted by atomic mass is 9.98. The van der Waals surface area contributed by atoms with E-state index in [0.29, 0.717) is 5.75 Å².